The van der Waals surface area contributed by atoms with Crippen LogP contribution in [0.25, 0.3) is 76.9 Å². The van der Waals surface area contributed by atoms with Crippen molar-refractivity contribution in [3.63, 3.8) is 0 Å². The van der Waals surface area contributed by atoms with Crippen molar-refractivity contribution in [2.24, 2.45) is 0 Å². The van der Waals surface area contributed by atoms with Crippen molar-refractivity contribution in [1.29, 1.82) is 0 Å². The first-order chi connectivity index (χ1) is 21.4. The molecule has 1 heteroatoms. The molecular weight excluding hydrogens is 472 g/mol. The van der Waals surface area contributed by atoms with Gasteiger partial charge in [-0.1, -0.05) is 127 Å². The minimum atomic E-state index is -0.405. The van der Waals surface area contributed by atoms with Gasteiger partial charge in [0.1, 0.15) is 11.2 Å². The molecule has 0 bridgehead atoms. The molecule has 0 aliphatic rings. The number of para-hydroxylation sites is 1. The standard InChI is InChI=1S/C38H24O/c1-3-12-25(13-4-1)27-22-23-30-33(24-27)36(26-14-5-2-6-15-26)28-16-7-8-17-29(28)37(30)32-19-11-21-35-38(32)31-18-9-10-20-34(31)39-35/h1-24H/i2D,5D,6D,14D,15D. The molecule has 182 valence electrons. The zero-order valence-electron chi connectivity index (χ0n) is 25.9. The molecule has 0 radical (unpaired) electrons. The average Bonchev–Trinajstić information content (AvgIpc) is 3.45. The molecule has 0 saturated carbocycles. The van der Waals surface area contributed by atoms with E-state index in [1.807, 2.05) is 78.9 Å². The molecule has 0 aliphatic heterocycles. The van der Waals surface area contributed by atoms with Gasteiger partial charge in [-0.2, -0.15) is 0 Å². The van der Waals surface area contributed by atoms with Crippen LogP contribution in [0.3, 0.4) is 0 Å². The molecule has 0 aliphatic carbocycles. The van der Waals surface area contributed by atoms with E-state index >= 15 is 0 Å². The van der Waals surface area contributed by atoms with Gasteiger partial charge in [-0.15, -0.1) is 0 Å². The summed E-state index contributed by atoms with van der Waals surface area (Å²) in [6.45, 7) is 0. The Balaban J connectivity index is 1.60. The van der Waals surface area contributed by atoms with Crippen molar-refractivity contribution in [2.45, 2.75) is 0 Å². The average molecular weight is 502 g/mol. The molecule has 0 fully saturated rings. The fourth-order valence-corrected chi connectivity index (χ4v) is 5.91. The second-order valence-electron chi connectivity index (χ2n) is 9.70. The van der Waals surface area contributed by atoms with E-state index in [4.69, 9.17) is 11.3 Å². The molecule has 0 spiro atoms. The first-order valence-electron chi connectivity index (χ1n) is 15.5. The third-order valence-electron chi connectivity index (χ3n) is 7.55. The van der Waals surface area contributed by atoms with Gasteiger partial charge in [0.25, 0.3) is 0 Å². The van der Waals surface area contributed by atoms with Crippen molar-refractivity contribution in [3.8, 4) is 33.4 Å². The largest absolute Gasteiger partial charge is 0.456 e. The van der Waals surface area contributed by atoms with Gasteiger partial charge in [0.15, 0.2) is 0 Å². The molecule has 1 heterocycles. The van der Waals surface area contributed by atoms with E-state index in [0.717, 1.165) is 65.7 Å². The molecule has 7 aromatic carbocycles. The Morgan fingerprint density at radius 2 is 1.10 bits per heavy atom. The Hall–Kier alpha value is -5.14. The Labute approximate surface area is 233 Å². The Morgan fingerprint density at radius 1 is 0.436 bits per heavy atom. The quantitative estimate of drug-likeness (QED) is 0.219. The van der Waals surface area contributed by atoms with Crippen LogP contribution in [0, 0.1) is 0 Å². The van der Waals surface area contributed by atoms with Gasteiger partial charge in [0.2, 0.25) is 0 Å². The first kappa shape index (κ1) is 17.4. The van der Waals surface area contributed by atoms with Gasteiger partial charge >= 0.3 is 0 Å². The lowest BCUT2D eigenvalue weighted by atomic mass is 9.84. The summed E-state index contributed by atoms with van der Waals surface area (Å²) in [5, 5.41) is 5.49. The summed E-state index contributed by atoms with van der Waals surface area (Å²) in [6, 6.07) is 36.9. The normalized spacial score (nSPS) is 13.4. The van der Waals surface area contributed by atoms with Gasteiger partial charge in [0, 0.05) is 10.8 Å². The second-order valence-corrected chi connectivity index (χ2v) is 9.70. The van der Waals surface area contributed by atoms with Crippen LogP contribution in [-0.2, 0) is 0 Å². The highest BCUT2D eigenvalue weighted by atomic mass is 16.3. The van der Waals surface area contributed by atoms with E-state index < -0.39 is 6.04 Å². The van der Waals surface area contributed by atoms with E-state index in [2.05, 4.69) is 36.4 Å². The fraction of sp³-hybridized carbons (Fsp3) is 0. The van der Waals surface area contributed by atoms with Gasteiger partial charge in [-0.3, -0.25) is 0 Å². The Bertz CT molecular complexity index is 2410. The minimum absolute atomic E-state index is 0.195. The van der Waals surface area contributed by atoms with Crippen molar-refractivity contribution in [3.05, 3.63) is 145 Å². The highest BCUT2D eigenvalue weighted by Gasteiger charge is 2.20. The topological polar surface area (TPSA) is 13.1 Å². The molecule has 0 amide bonds. The highest BCUT2D eigenvalue weighted by molar-refractivity contribution is 6.26. The minimum Gasteiger partial charge on any atom is -0.456 e. The van der Waals surface area contributed by atoms with E-state index in [1.165, 1.54) is 0 Å². The fourth-order valence-electron chi connectivity index (χ4n) is 5.91. The summed E-state index contributed by atoms with van der Waals surface area (Å²) >= 11 is 0. The van der Waals surface area contributed by atoms with Crippen LogP contribution >= 0.6 is 0 Å². The monoisotopic (exact) mass is 501 g/mol. The molecule has 8 aromatic rings. The Morgan fingerprint density at radius 3 is 1.92 bits per heavy atom. The molecule has 0 unspecified atom stereocenters. The lowest BCUT2D eigenvalue weighted by Gasteiger charge is -2.19. The van der Waals surface area contributed by atoms with Crippen LogP contribution in [0.2, 0.25) is 0 Å². The summed E-state index contributed by atoms with van der Waals surface area (Å²) in [7, 11) is 0. The van der Waals surface area contributed by atoms with Crippen LogP contribution in [0.4, 0.5) is 0 Å². The number of fused-ring (bicyclic) bond motifs is 5. The van der Waals surface area contributed by atoms with E-state index in [9.17, 15) is 0 Å². The number of benzene rings is 7. The molecule has 1 aromatic heterocycles. The lowest BCUT2D eigenvalue weighted by molar-refractivity contribution is 0.669. The second kappa shape index (κ2) is 8.72. The third-order valence-corrected chi connectivity index (χ3v) is 7.55. The maximum Gasteiger partial charge on any atom is 0.136 e. The lowest BCUT2D eigenvalue weighted by Crippen LogP contribution is -1.92. The summed E-state index contributed by atoms with van der Waals surface area (Å²) in [5.41, 5.74) is 6.43. The number of furan rings is 1. The van der Waals surface area contributed by atoms with Crippen molar-refractivity contribution < 1.29 is 11.3 Å². The highest BCUT2D eigenvalue weighted by Crippen LogP contribution is 2.47. The zero-order valence-corrected chi connectivity index (χ0v) is 20.9. The van der Waals surface area contributed by atoms with Gasteiger partial charge in [-0.25, -0.2) is 0 Å². The third kappa shape index (κ3) is 3.41. The molecule has 0 saturated heterocycles. The van der Waals surface area contributed by atoms with Crippen molar-refractivity contribution in [2.75, 3.05) is 0 Å². The van der Waals surface area contributed by atoms with Crippen LogP contribution in [0.15, 0.2) is 150 Å². The maximum atomic E-state index is 8.95. The molecule has 0 atom stereocenters. The molecule has 0 N–H and O–H groups in total. The van der Waals surface area contributed by atoms with Gasteiger partial charge in [-0.05, 0) is 73.1 Å². The maximum absolute atomic E-state index is 8.95. The van der Waals surface area contributed by atoms with Crippen LogP contribution in [-0.4, -0.2) is 0 Å². The van der Waals surface area contributed by atoms with Gasteiger partial charge in [0.05, 0.1) is 6.85 Å². The van der Waals surface area contributed by atoms with Crippen LogP contribution in [0.5, 0.6) is 0 Å². The SMILES string of the molecule is [2H]c1c([2H])c([2H])c(-c2c3ccccc3c(-c3cccc4oc5ccccc5c34)c3ccc(-c4ccccc4)cc23)c([2H])c1[2H]. The van der Waals surface area contributed by atoms with E-state index in [0.29, 0.717) is 5.56 Å². The summed E-state index contributed by atoms with van der Waals surface area (Å²) in [6.07, 6.45) is 0. The van der Waals surface area contributed by atoms with E-state index in [-0.39, 0.29) is 29.7 Å². The summed E-state index contributed by atoms with van der Waals surface area (Å²) in [4.78, 5) is 0. The van der Waals surface area contributed by atoms with Gasteiger partial charge < -0.3 is 4.42 Å². The smallest absolute Gasteiger partial charge is 0.136 e. The number of hydrogen-bond acceptors (Lipinski definition) is 1. The molecule has 39 heavy (non-hydrogen) atoms. The predicted molar refractivity (Wildman–Crippen MR) is 165 cm³/mol. The molecule has 1 nitrogen and oxygen atoms in total. The molecule has 8 rings (SSSR count). The summed E-state index contributed by atoms with van der Waals surface area (Å²) in [5.74, 6) is 0. The zero-order chi connectivity index (χ0) is 30.1. The summed E-state index contributed by atoms with van der Waals surface area (Å²) < 4.78 is 49.4. The van der Waals surface area contributed by atoms with Crippen LogP contribution in [0.1, 0.15) is 6.85 Å². The predicted octanol–water partition coefficient (Wildman–Crippen LogP) is 10.9. The van der Waals surface area contributed by atoms with Crippen molar-refractivity contribution >= 4 is 43.5 Å². The van der Waals surface area contributed by atoms with E-state index in [1.54, 1.807) is 0 Å². The van der Waals surface area contributed by atoms with Crippen LogP contribution < -0.4 is 0 Å². The van der Waals surface area contributed by atoms with Crippen molar-refractivity contribution in [1.82, 2.24) is 0 Å². The molecular formula is C38H24O. The number of hydrogen-bond donors (Lipinski definition) is 0. The first-order valence-corrected chi connectivity index (χ1v) is 13.0. The Kier molecular flexibility index (Phi) is 3.89. The number of rotatable bonds is 3.